The maximum Gasteiger partial charge on any atom is 0.230 e. The molecule has 0 spiro atoms. The quantitative estimate of drug-likeness (QED) is 0.277. The molecule has 0 aliphatic rings. The summed E-state index contributed by atoms with van der Waals surface area (Å²) in [5, 5.41) is 13.3. The van der Waals surface area contributed by atoms with Gasteiger partial charge >= 0.3 is 0 Å². The number of nitrogens with zero attached hydrogens (tertiary/aromatic N) is 3. The minimum Gasteiger partial charge on any atom is -0.497 e. The molecule has 35 heavy (non-hydrogen) atoms. The van der Waals surface area contributed by atoms with Crippen molar-refractivity contribution in [3.63, 3.8) is 0 Å². The second kappa shape index (κ2) is 11.4. The summed E-state index contributed by atoms with van der Waals surface area (Å²) in [5.74, 6) is 1.93. The van der Waals surface area contributed by atoms with Crippen molar-refractivity contribution < 1.29 is 9.53 Å². The lowest BCUT2D eigenvalue weighted by atomic mass is 10.0. The number of aromatic nitrogens is 3. The predicted molar refractivity (Wildman–Crippen MR) is 141 cm³/mol. The Hall–Kier alpha value is -3.29. The Balaban J connectivity index is 1.60. The van der Waals surface area contributed by atoms with Crippen molar-refractivity contribution in [2.45, 2.75) is 31.5 Å². The lowest BCUT2D eigenvalue weighted by Gasteiger charge is -2.17. The number of hydrogen-bond acceptors (Lipinski definition) is 5. The van der Waals surface area contributed by atoms with E-state index in [0.29, 0.717) is 28.5 Å². The highest BCUT2D eigenvalue weighted by atomic mass is 35.5. The van der Waals surface area contributed by atoms with Crippen molar-refractivity contribution >= 4 is 29.3 Å². The predicted octanol–water partition coefficient (Wildman–Crippen LogP) is 6.13. The molecule has 4 rings (SSSR count). The fourth-order valence-electron chi connectivity index (χ4n) is 3.67. The van der Waals surface area contributed by atoms with E-state index in [9.17, 15) is 4.79 Å². The summed E-state index contributed by atoms with van der Waals surface area (Å²) < 4.78 is 7.34. The van der Waals surface area contributed by atoms with Crippen molar-refractivity contribution in [2.75, 3.05) is 12.9 Å². The van der Waals surface area contributed by atoms with Gasteiger partial charge in [0.2, 0.25) is 5.91 Å². The van der Waals surface area contributed by atoms with E-state index in [4.69, 9.17) is 16.3 Å². The van der Waals surface area contributed by atoms with Crippen LogP contribution in [0.15, 0.2) is 78.0 Å². The summed E-state index contributed by atoms with van der Waals surface area (Å²) >= 11 is 7.30. The van der Waals surface area contributed by atoms with Gasteiger partial charge in [-0.1, -0.05) is 67.5 Å². The first-order chi connectivity index (χ1) is 17.0. The number of rotatable bonds is 9. The van der Waals surface area contributed by atoms with Crippen molar-refractivity contribution in [1.29, 1.82) is 0 Å². The van der Waals surface area contributed by atoms with Gasteiger partial charge in [-0.3, -0.25) is 9.36 Å². The van der Waals surface area contributed by atoms with Crippen molar-refractivity contribution in [1.82, 2.24) is 20.1 Å². The minimum absolute atomic E-state index is 0.0809. The molecule has 0 bridgehead atoms. The van der Waals surface area contributed by atoms with E-state index >= 15 is 0 Å². The highest BCUT2D eigenvalue weighted by Crippen LogP contribution is 2.32. The fraction of sp³-hybridized carbons (Fsp3) is 0.222. The van der Waals surface area contributed by atoms with Crippen molar-refractivity contribution in [3.05, 3.63) is 88.9 Å². The monoisotopic (exact) mass is 506 g/mol. The van der Waals surface area contributed by atoms with Crippen LogP contribution < -0.4 is 10.1 Å². The number of halogens is 1. The Bertz CT molecular complexity index is 1290. The summed E-state index contributed by atoms with van der Waals surface area (Å²) in [6.07, 6.45) is 0. The molecule has 1 N–H and O–H groups in total. The van der Waals surface area contributed by atoms with Gasteiger partial charge < -0.3 is 10.1 Å². The number of para-hydroxylation sites is 1. The molecule has 0 radical (unpaired) electrons. The zero-order chi connectivity index (χ0) is 24.8. The van der Waals surface area contributed by atoms with Gasteiger partial charge in [0.1, 0.15) is 5.75 Å². The first-order valence-electron chi connectivity index (χ1n) is 11.3. The summed E-state index contributed by atoms with van der Waals surface area (Å²) in [6, 6.07) is 23.4. The van der Waals surface area contributed by atoms with Gasteiger partial charge in [-0.25, -0.2) is 0 Å². The number of methoxy groups -OCH3 is 1. The van der Waals surface area contributed by atoms with Crippen LogP contribution in [0.3, 0.4) is 0 Å². The largest absolute Gasteiger partial charge is 0.497 e. The molecule has 0 fully saturated rings. The standard InChI is InChI=1S/C27H27ClN4O2S/c1-18(2)23-6-4-5-7-24(23)32-26(20-10-14-22(34-3)15-11-20)30-31-27(32)35-17-25(33)29-16-19-8-12-21(28)13-9-19/h4-15,18H,16-17H2,1-3H3,(H,29,33). The molecule has 1 amide bonds. The van der Waals surface area contributed by atoms with E-state index in [1.54, 1.807) is 7.11 Å². The second-order valence-electron chi connectivity index (χ2n) is 8.28. The number of benzene rings is 3. The maximum atomic E-state index is 12.6. The number of amides is 1. The second-order valence-corrected chi connectivity index (χ2v) is 9.65. The fourth-order valence-corrected chi connectivity index (χ4v) is 4.57. The van der Waals surface area contributed by atoms with Gasteiger partial charge in [0, 0.05) is 17.1 Å². The van der Waals surface area contributed by atoms with Crippen LogP contribution in [0.4, 0.5) is 0 Å². The SMILES string of the molecule is COc1ccc(-c2nnc(SCC(=O)NCc3ccc(Cl)cc3)n2-c2ccccc2C(C)C)cc1. The van der Waals surface area contributed by atoms with E-state index < -0.39 is 0 Å². The zero-order valence-electron chi connectivity index (χ0n) is 19.9. The normalized spacial score (nSPS) is 11.0. The van der Waals surface area contributed by atoms with Crippen LogP contribution >= 0.6 is 23.4 Å². The molecule has 0 aliphatic carbocycles. The molecule has 3 aromatic carbocycles. The number of nitrogens with one attached hydrogen (secondary N) is 1. The number of ether oxygens (including phenoxy) is 1. The average molecular weight is 507 g/mol. The van der Waals surface area contributed by atoms with Crippen LogP contribution in [0, 0.1) is 0 Å². The van der Waals surface area contributed by atoms with Gasteiger partial charge in [0.05, 0.1) is 18.6 Å². The molecule has 6 nitrogen and oxygen atoms in total. The summed E-state index contributed by atoms with van der Waals surface area (Å²) in [6.45, 7) is 4.76. The lowest BCUT2D eigenvalue weighted by Crippen LogP contribution is -2.24. The third kappa shape index (κ3) is 6.05. The van der Waals surface area contributed by atoms with Crippen LogP contribution in [0.5, 0.6) is 5.75 Å². The summed E-state index contributed by atoms with van der Waals surface area (Å²) in [7, 11) is 1.64. The Morgan fingerprint density at radius 3 is 2.43 bits per heavy atom. The molecule has 0 aliphatic heterocycles. The minimum atomic E-state index is -0.0809. The third-order valence-corrected chi connectivity index (χ3v) is 6.70. The molecule has 1 aromatic heterocycles. The van der Waals surface area contributed by atoms with E-state index in [-0.39, 0.29) is 11.7 Å². The molecule has 0 unspecified atom stereocenters. The Labute approximate surface area is 214 Å². The van der Waals surface area contributed by atoms with Crippen LogP contribution in [-0.4, -0.2) is 33.5 Å². The van der Waals surface area contributed by atoms with Gasteiger partial charge in [0.25, 0.3) is 0 Å². The highest BCUT2D eigenvalue weighted by Gasteiger charge is 2.20. The van der Waals surface area contributed by atoms with Crippen molar-refractivity contribution in [3.8, 4) is 22.8 Å². The molecular weight excluding hydrogens is 480 g/mol. The Morgan fingerprint density at radius 1 is 1.03 bits per heavy atom. The van der Waals surface area contributed by atoms with E-state index in [1.807, 2.05) is 65.2 Å². The number of carbonyl (C=O) groups excluding carboxylic acids is 1. The molecule has 8 heteroatoms. The Morgan fingerprint density at radius 2 is 1.74 bits per heavy atom. The van der Waals surface area contributed by atoms with E-state index in [0.717, 1.165) is 22.6 Å². The van der Waals surface area contributed by atoms with Gasteiger partial charge in [-0.2, -0.15) is 0 Å². The van der Waals surface area contributed by atoms with Gasteiger partial charge in [0.15, 0.2) is 11.0 Å². The average Bonchev–Trinajstić information content (AvgIpc) is 3.31. The molecule has 4 aromatic rings. The lowest BCUT2D eigenvalue weighted by molar-refractivity contribution is -0.118. The Kier molecular flexibility index (Phi) is 8.10. The van der Waals surface area contributed by atoms with Gasteiger partial charge in [-0.15, -0.1) is 10.2 Å². The zero-order valence-corrected chi connectivity index (χ0v) is 21.4. The van der Waals surface area contributed by atoms with Crippen molar-refractivity contribution in [2.24, 2.45) is 0 Å². The van der Waals surface area contributed by atoms with E-state index in [2.05, 4.69) is 41.5 Å². The van der Waals surface area contributed by atoms with Crippen LogP contribution in [-0.2, 0) is 11.3 Å². The first kappa shape index (κ1) is 24.8. The maximum absolute atomic E-state index is 12.6. The molecule has 0 saturated heterocycles. The third-order valence-electron chi connectivity index (χ3n) is 5.52. The van der Waals surface area contributed by atoms with E-state index in [1.165, 1.54) is 17.3 Å². The number of thioether (sulfide) groups is 1. The molecular formula is C27H27ClN4O2S. The molecule has 180 valence electrons. The molecule has 1 heterocycles. The smallest absolute Gasteiger partial charge is 0.230 e. The first-order valence-corrected chi connectivity index (χ1v) is 12.7. The molecule has 0 saturated carbocycles. The molecule has 0 atom stereocenters. The van der Waals surface area contributed by atoms with Crippen LogP contribution in [0.2, 0.25) is 5.02 Å². The highest BCUT2D eigenvalue weighted by molar-refractivity contribution is 7.99. The summed E-state index contributed by atoms with van der Waals surface area (Å²) in [5.41, 5.74) is 4.08. The van der Waals surface area contributed by atoms with Gasteiger partial charge in [-0.05, 0) is 59.5 Å². The summed E-state index contributed by atoms with van der Waals surface area (Å²) in [4.78, 5) is 12.6. The van der Waals surface area contributed by atoms with Crippen LogP contribution in [0.1, 0.15) is 30.9 Å². The topological polar surface area (TPSA) is 69.0 Å². The van der Waals surface area contributed by atoms with Crippen LogP contribution in [0.25, 0.3) is 17.1 Å². The number of carbonyl (C=O) groups is 1. The number of hydrogen-bond donors (Lipinski definition) is 1.